The quantitative estimate of drug-likeness (QED) is 0.924. The lowest BCUT2D eigenvalue weighted by Crippen LogP contribution is -2.55. The number of hydrogen-bond donors (Lipinski definition) is 1. The lowest BCUT2D eigenvalue weighted by atomic mass is 10.1. The second-order valence-electron chi connectivity index (χ2n) is 5.47. The number of aromatic nitrogens is 1. The Morgan fingerprint density at radius 1 is 1.36 bits per heavy atom. The number of ether oxygens (including phenoxy) is 1. The minimum absolute atomic E-state index is 0.157. The number of carbonyl (C=O) groups excluding carboxylic acids is 1. The predicted molar refractivity (Wildman–Crippen MR) is 73.8 cm³/mol. The molecular weight excluding hydrogens is 299 g/mol. The molecule has 2 atom stereocenters. The second kappa shape index (κ2) is 6.51. The monoisotopic (exact) mass is 317 g/mol. The van der Waals surface area contributed by atoms with Gasteiger partial charge in [0.15, 0.2) is 6.61 Å². The van der Waals surface area contributed by atoms with Crippen LogP contribution in [0, 0.1) is 0 Å². The average molecular weight is 317 g/mol. The van der Waals surface area contributed by atoms with Crippen LogP contribution in [0.1, 0.15) is 24.2 Å². The highest BCUT2D eigenvalue weighted by Gasteiger charge is 2.29. The molecule has 122 valence electrons. The summed E-state index contributed by atoms with van der Waals surface area (Å²) >= 11 is 0. The topological polar surface area (TPSA) is 54.5 Å². The van der Waals surface area contributed by atoms with Gasteiger partial charge in [-0.05, 0) is 19.9 Å². The first-order valence-electron chi connectivity index (χ1n) is 6.95. The van der Waals surface area contributed by atoms with E-state index in [-0.39, 0.29) is 23.9 Å². The molecule has 0 unspecified atom stereocenters. The minimum atomic E-state index is -4.41. The summed E-state index contributed by atoms with van der Waals surface area (Å²) in [6.45, 7) is 3.73. The van der Waals surface area contributed by atoms with Gasteiger partial charge in [-0.3, -0.25) is 4.79 Å². The second-order valence-corrected chi connectivity index (χ2v) is 5.47. The Morgan fingerprint density at radius 2 is 2.00 bits per heavy atom. The number of nitrogens with one attached hydrogen (secondary N) is 1. The van der Waals surface area contributed by atoms with Crippen molar-refractivity contribution in [3.8, 4) is 5.88 Å². The SMILES string of the molecule is C[C@H]1CN(C(=O)c2ccc(OCC(F)(F)F)nc2)C[C@H](C)N1. The maximum absolute atomic E-state index is 12.4. The van der Waals surface area contributed by atoms with E-state index >= 15 is 0 Å². The van der Waals surface area contributed by atoms with Gasteiger partial charge < -0.3 is 15.0 Å². The van der Waals surface area contributed by atoms with Gasteiger partial charge >= 0.3 is 6.18 Å². The molecule has 8 heteroatoms. The summed E-state index contributed by atoms with van der Waals surface area (Å²) in [6, 6.07) is 3.08. The molecule has 1 aromatic heterocycles. The van der Waals surface area contributed by atoms with Crippen LogP contribution in [0.25, 0.3) is 0 Å². The van der Waals surface area contributed by atoms with Crippen LogP contribution in [0.2, 0.25) is 0 Å². The maximum Gasteiger partial charge on any atom is 0.422 e. The van der Waals surface area contributed by atoms with Crippen molar-refractivity contribution in [1.82, 2.24) is 15.2 Å². The summed E-state index contributed by atoms with van der Waals surface area (Å²) in [6.07, 6.45) is -3.17. The molecule has 1 aliphatic heterocycles. The molecule has 2 heterocycles. The number of carbonyl (C=O) groups is 1. The van der Waals surface area contributed by atoms with Gasteiger partial charge in [0.05, 0.1) is 5.56 Å². The van der Waals surface area contributed by atoms with E-state index in [1.54, 1.807) is 4.90 Å². The zero-order valence-corrected chi connectivity index (χ0v) is 12.4. The van der Waals surface area contributed by atoms with E-state index in [2.05, 4.69) is 15.0 Å². The van der Waals surface area contributed by atoms with E-state index in [0.717, 1.165) is 0 Å². The van der Waals surface area contributed by atoms with Gasteiger partial charge in [0.25, 0.3) is 5.91 Å². The van der Waals surface area contributed by atoms with Crippen LogP contribution in [0.15, 0.2) is 18.3 Å². The van der Waals surface area contributed by atoms with Crippen molar-refractivity contribution >= 4 is 5.91 Å². The summed E-state index contributed by atoms with van der Waals surface area (Å²) in [4.78, 5) is 17.8. The first-order chi connectivity index (χ1) is 10.2. The van der Waals surface area contributed by atoms with Crippen molar-refractivity contribution < 1.29 is 22.7 Å². The van der Waals surface area contributed by atoms with Gasteiger partial charge in [-0.15, -0.1) is 0 Å². The Kier molecular flexibility index (Phi) is 4.90. The molecule has 1 fully saturated rings. The van der Waals surface area contributed by atoms with Crippen molar-refractivity contribution in [3.05, 3.63) is 23.9 Å². The number of piperazine rings is 1. The first kappa shape index (κ1) is 16.5. The molecule has 2 rings (SSSR count). The molecule has 1 aromatic rings. The standard InChI is InChI=1S/C14H18F3N3O2/c1-9-6-20(7-10(2)19-9)13(21)11-3-4-12(18-5-11)22-8-14(15,16)17/h3-5,9-10,19H,6-8H2,1-2H3/t9-,10-/m0/s1. The summed E-state index contributed by atoms with van der Waals surface area (Å²) in [5.41, 5.74) is 0.334. The predicted octanol–water partition coefficient (Wildman–Crippen LogP) is 1.85. The number of halogens is 3. The average Bonchev–Trinajstić information content (AvgIpc) is 2.43. The maximum atomic E-state index is 12.4. The third-order valence-corrected chi connectivity index (χ3v) is 3.21. The Balaban J connectivity index is 1.99. The van der Waals surface area contributed by atoms with E-state index in [4.69, 9.17) is 0 Å². The van der Waals surface area contributed by atoms with Crippen molar-refractivity contribution in [1.29, 1.82) is 0 Å². The summed E-state index contributed by atoms with van der Waals surface area (Å²) in [5.74, 6) is -0.342. The Bertz CT molecular complexity index is 509. The van der Waals surface area contributed by atoms with Crippen LogP contribution in [-0.4, -0.2) is 53.7 Å². The molecule has 1 amide bonds. The zero-order valence-electron chi connectivity index (χ0n) is 12.4. The number of rotatable bonds is 3. The van der Waals surface area contributed by atoms with Gasteiger partial charge in [0, 0.05) is 37.4 Å². The van der Waals surface area contributed by atoms with Crippen LogP contribution >= 0.6 is 0 Å². The fraction of sp³-hybridized carbons (Fsp3) is 0.571. The number of nitrogens with zero attached hydrogens (tertiary/aromatic N) is 2. The van der Waals surface area contributed by atoms with Crippen molar-refractivity contribution in [3.63, 3.8) is 0 Å². The van der Waals surface area contributed by atoms with Gasteiger partial charge in [-0.2, -0.15) is 13.2 Å². The van der Waals surface area contributed by atoms with Crippen molar-refractivity contribution in [2.45, 2.75) is 32.1 Å². The normalized spacial score (nSPS) is 22.5. The highest BCUT2D eigenvalue weighted by Crippen LogP contribution is 2.17. The van der Waals surface area contributed by atoms with Crippen LogP contribution in [0.4, 0.5) is 13.2 Å². The third kappa shape index (κ3) is 4.59. The number of hydrogen-bond acceptors (Lipinski definition) is 4. The summed E-state index contributed by atoms with van der Waals surface area (Å²) in [5, 5.41) is 3.32. The molecule has 1 saturated heterocycles. The molecule has 1 aliphatic rings. The van der Waals surface area contributed by atoms with Crippen LogP contribution in [0.3, 0.4) is 0 Å². The van der Waals surface area contributed by atoms with E-state index in [9.17, 15) is 18.0 Å². The van der Waals surface area contributed by atoms with Crippen LogP contribution in [0.5, 0.6) is 5.88 Å². The Hall–Kier alpha value is -1.83. The fourth-order valence-electron chi connectivity index (χ4n) is 2.42. The molecule has 5 nitrogen and oxygen atoms in total. The van der Waals surface area contributed by atoms with E-state index in [1.807, 2.05) is 13.8 Å². The highest BCUT2D eigenvalue weighted by molar-refractivity contribution is 5.94. The molecule has 0 aromatic carbocycles. The molecule has 0 saturated carbocycles. The largest absolute Gasteiger partial charge is 0.468 e. The number of pyridine rings is 1. The fourth-order valence-corrected chi connectivity index (χ4v) is 2.42. The Morgan fingerprint density at radius 3 is 2.50 bits per heavy atom. The molecule has 1 N–H and O–H groups in total. The number of alkyl halides is 3. The van der Waals surface area contributed by atoms with E-state index in [0.29, 0.717) is 18.7 Å². The van der Waals surface area contributed by atoms with Gasteiger partial charge in [-0.25, -0.2) is 4.98 Å². The lowest BCUT2D eigenvalue weighted by Gasteiger charge is -2.36. The Labute approximate surface area is 126 Å². The molecule has 22 heavy (non-hydrogen) atoms. The van der Waals surface area contributed by atoms with E-state index in [1.165, 1.54) is 18.3 Å². The van der Waals surface area contributed by atoms with Crippen molar-refractivity contribution in [2.24, 2.45) is 0 Å². The van der Waals surface area contributed by atoms with Gasteiger partial charge in [-0.1, -0.05) is 0 Å². The van der Waals surface area contributed by atoms with Crippen molar-refractivity contribution in [2.75, 3.05) is 19.7 Å². The van der Waals surface area contributed by atoms with Crippen LogP contribution in [-0.2, 0) is 0 Å². The number of amides is 1. The molecule has 0 bridgehead atoms. The summed E-state index contributed by atoms with van der Waals surface area (Å²) in [7, 11) is 0. The van der Waals surface area contributed by atoms with Gasteiger partial charge in [0.1, 0.15) is 0 Å². The summed E-state index contributed by atoms with van der Waals surface area (Å²) < 4.78 is 40.7. The molecule has 0 aliphatic carbocycles. The smallest absolute Gasteiger partial charge is 0.422 e. The zero-order chi connectivity index (χ0) is 16.3. The highest BCUT2D eigenvalue weighted by atomic mass is 19.4. The first-order valence-corrected chi connectivity index (χ1v) is 6.95. The van der Waals surface area contributed by atoms with Gasteiger partial charge in [0.2, 0.25) is 5.88 Å². The van der Waals surface area contributed by atoms with Crippen LogP contribution < -0.4 is 10.1 Å². The molecular formula is C14H18F3N3O2. The molecule has 0 spiro atoms. The third-order valence-electron chi connectivity index (χ3n) is 3.21. The lowest BCUT2D eigenvalue weighted by molar-refractivity contribution is -0.154. The van der Waals surface area contributed by atoms with E-state index < -0.39 is 12.8 Å². The minimum Gasteiger partial charge on any atom is -0.468 e. The molecule has 0 radical (unpaired) electrons.